The highest BCUT2D eigenvalue weighted by atomic mass is 32.1. The fraction of sp³-hybridized carbons (Fsp3) is 0.469. The Morgan fingerprint density at radius 2 is 1.65 bits per heavy atom. The Labute approximate surface area is 267 Å². The van der Waals surface area contributed by atoms with Gasteiger partial charge < -0.3 is 58.0 Å². The molecule has 5 heterocycles. The summed E-state index contributed by atoms with van der Waals surface area (Å²) in [5, 5.41) is 35.0. The molecular weight excluding hydrogens is 624 g/mol. The SMILES string of the molecule is COc1cc([C@@H]2c3cc4c(cc3[C@@H](O[C@H]3O[C@H]5CO[C@H](c6cccs6)O[C@@H]5[C@@H](O)[C@@H]3O)[C@H]3COC(=O)[C@H]23)OCO4)cc(OC)c1O. The van der Waals surface area contributed by atoms with Crippen LogP contribution >= 0.6 is 11.3 Å². The number of benzene rings is 2. The Hall–Kier alpha value is -3.63. The Morgan fingerprint density at radius 1 is 0.913 bits per heavy atom. The summed E-state index contributed by atoms with van der Waals surface area (Å²) in [5.41, 5.74) is 2.00. The van der Waals surface area contributed by atoms with Crippen LogP contribution in [0.15, 0.2) is 41.8 Å². The van der Waals surface area contributed by atoms with E-state index in [-0.39, 0.29) is 37.3 Å². The first kappa shape index (κ1) is 29.8. The fourth-order valence-corrected chi connectivity index (χ4v) is 7.89. The van der Waals surface area contributed by atoms with Crippen LogP contribution in [-0.2, 0) is 28.5 Å². The maximum atomic E-state index is 13.5. The lowest BCUT2D eigenvalue weighted by atomic mass is 9.66. The minimum Gasteiger partial charge on any atom is -0.502 e. The van der Waals surface area contributed by atoms with Gasteiger partial charge in [-0.3, -0.25) is 4.79 Å². The molecule has 10 atom stereocenters. The first-order valence-corrected chi connectivity index (χ1v) is 15.8. The first-order valence-electron chi connectivity index (χ1n) is 14.9. The van der Waals surface area contributed by atoms with Crippen molar-refractivity contribution in [1.82, 2.24) is 0 Å². The van der Waals surface area contributed by atoms with Gasteiger partial charge in [0.15, 0.2) is 35.6 Å². The molecule has 244 valence electrons. The number of cyclic esters (lactones) is 1. The molecule has 46 heavy (non-hydrogen) atoms. The predicted octanol–water partition coefficient (Wildman–Crippen LogP) is 2.75. The van der Waals surface area contributed by atoms with Crippen LogP contribution in [0.4, 0.5) is 0 Å². The van der Waals surface area contributed by atoms with E-state index >= 15 is 0 Å². The van der Waals surface area contributed by atoms with Crippen molar-refractivity contribution in [3.63, 3.8) is 0 Å². The molecule has 2 aromatic carbocycles. The van der Waals surface area contributed by atoms with Crippen molar-refractivity contribution in [1.29, 1.82) is 0 Å². The summed E-state index contributed by atoms with van der Waals surface area (Å²) in [7, 11) is 2.86. The van der Waals surface area contributed by atoms with E-state index in [4.69, 9.17) is 42.6 Å². The molecule has 1 aromatic heterocycles. The second kappa shape index (κ2) is 11.6. The van der Waals surface area contributed by atoms with Gasteiger partial charge in [0.25, 0.3) is 0 Å². The van der Waals surface area contributed by atoms with Crippen LogP contribution in [0.3, 0.4) is 0 Å². The number of ether oxygens (including phenoxy) is 9. The third-order valence-electron chi connectivity index (χ3n) is 9.37. The number of hydrogen-bond acceptors (Lipinski definition) is 14. The second-order valence-corrected chi connectivity index (χ2v) is 12.7. The third kappa shape index (κ3) is 4.70. The molecule has 0 amide bonds. The molecule has 8 rings (SSSR count). The number of methoxy groups -OCH3 is 2. The highest BCUT2D eigenvalue weighted by Crippen LogP contribution is 2.57. The minimum absolute atomic E-state index is 0.0242. The maximum absolute atomic E-state index is 13.5. The van der Waals surface area contributed by atoms with Gasteiger partial charge >= 0.3 is 5.97 Å². The normalized spacial score (nSPS) is 34.3. The molecule has 13 nitrogen and oxygen atoms in total. The number of aliphatic hydroxyl groups is 2. The molecule has 5 aliphatic rings. The van der Waals surface area contributed by atoms with Gasteiger partial charge in [-0.2, -0.15) is 0 Å². The van der Waals surface area contributed by atoms with Crippen molar-refractivity contribution in [3.05, 3.63) is 63.3 Å². The minimum atomic E-state index is -1.47. The summed E-state index contributed by atoms with van der Waals surface area (Å²) in [6.07, 6.45) is -7.16. The van der Waals surface area contributed by atoms with Gasteiger partial charge in [0.05, 0.1) is 44.3 Å². The zero-order valence-electron chi connectivity index (χ0n) is 24.8. The standard InChI is InChI=1S/C32H32O13S/c1-37-19-6-13(7-20(38-2)25(19)33)23-14-8-17-18(42-12-41-17)9-15(14)28(16-10-39-30(36)24(16)23)44-32-27(35)26(34)29-21(43-32)11-40-31(45-29)22-4-3-5-46-22/h3-9,16,21,23-24,26-29,31-35H,10-12H2,1-2H3/t16-,21-,23+,24-,26-,27-,28+,29-,31-,32+/m0/s1. The maximum Gasteiger partial charge on any atom is 0.310 e. The first-order chi connectivity index (χ1) is 22.4. The van der Waals surface area contributed by atoms with E-state index in [0.29, 0.717) is 28.2 Å². The Bertz CT molecular complexity index is 1600. The molecule has 4 aliphatic heterocycles. The van der Waals surface area contributed by atoms with Crippen LogP contribution in [0, 0.1) is 11.8 Å². The molecule has 3 saturated heterocycles. The molecule has 0 unspecified atom stereocenters. The van der Waals surface area contributed by atoms with Crippen molar-refractivity contribution in [3.8, 4) is 28.7 Å². The largest absolute Gasteiger partial charge is 0.502 e. The lowest BCUT2D eigenvalue weighted by Crippen LogP contribution is -2.62. The molecule has 14 heteroatoms. The highest BCUT2D eigenvalue weighted by Gasteiger charge is 2.56. The van der Waals surface area contributed by atoms with Crippen LogP contribution in [0.1, 0.15) is 39.9 Å². The van der Waals surface area contributed by atoms with E-state index in [1.54, 1.807) is 18.2 Å². The number of phenols is 1. The van der Waals surface area contributed by atoms with E-state index < -0.39 is 66.8 Å². The summed E-state index contributed by atoms with van der Waals surface area (Å²) in [4.78, 5) is 14.3. The van der Waals surface area contributed by atoms with E-state index in [1.807, 2.05) is 23.6 Å². The molecule has 3 aromatic rings. The third-order valence-corrected chi connectivity index (χ3v) is 10.3. The number of esters is 1. The predicted molar refractivity (Wildman–Crippen MR) is 156 cm³/mol. The summed E-state index contributed by atoms with van der Waals surface area (Å²) >= 11 is 1.46. The van der Waals surface area contributed by atoms with Gasteiger partial charge in [0.1, 0.15) is 24.4 Å². The second-order valence-electron chi connectivity index (χ2n) is 11.8. The van der Waals surface area contributed by atoms with Gasteiger partial charge in [-0.05, 0) is 52.4 Å². The van der Waals surface area contributed by atoms with Crippen LogP contribution in [-0.4, -0.2) is 86.2 Å². The zero-order chi connectivity index (χ0) is 31.7. The lowest BCUT2D eigenvalue weighted by Gasteiger charge is -2.48. The van der Waals surface area contributed by atoms with Gasteiger partial charge in [0, 0.05) is 11.8 Å². The topological polar surface area (TPSA) is 161 Å². The van der Waals surface area contributed by atoms with Crippen molar-refractivity contribution in [2.24, 2.45) is 11.8 Å². The van der Waals surface area contributed by atoms with Crippen molar-refractivity contribution < 1.29 is 62.7 Å². The molecule has 0 bridgehead atoms. The van der Waals surface area contributed by atoms with Crippen molar-refractivity contribution in [2.75, 3.05) is 34.2 Å². The average molecular weight is 657 g/mol. The van der Waals surface area contributed by atoms with Crippen LogP contribution in [0.2, 0.25) is 0 Å². The monoisotopic (exact) mass is 656 g/mol. The quantitative estimate of drug-likeness (QED) is 0.333. The van der Waals surface area contributed by atoms with Crippen LogP contribution < -0.4 is 18.9 Å². The number of thiophene rings is 1. The van der Waals surface area contributed by atoms with Crippen molar-refractivity contribution in [2.45, 2.75) is 49.0 Å². The molecule has 0 saturated carbocycles. The van der Waals surface area contributed by atoms with Crippen LogP contribution in [0.25, 0.3) is 0 Å². The Kier molecular flexibility index (Phi) is 7.48. The van der Waals surface area contributed by atoms with Gasteiger partial charge in [-0.1, -0.05) is 6.07 Å². The lowest BCUT2D eigenvalue weighted by molar-refractivity contribution is -0.368. The molecule has 1 aliphatic carbocycles. The zero-order valence-corrected chi connectivity index (χ0v) is 25.6. The summed E-state index contributed by atoms with van der Waals surface area (Å²) in [6, 6.07) is 10.7. The Balaban J connectivity index is 1.16. The number of aromatic hydroxyl groups is 1. The summed E-state index contributed by atoms with van der Waals surface area (Å²) < 4.78 is 52.6. The molecule has 0 radical (unpaired) electrons. The molecule has 3 fully saturated rings. The molecule has 3 N–H and O–H groups in total. The van der Waals surface area contributed by atoms with E-state index in [1.165, 1.54) is 25.6 Å². The van der Waals surface area contributed by atoms with Gasteiger partial charge in [-0.15, -0.1) is 11.3 Å². The summed E-state index contributed by atoms with van der Waals surface area (Å²) in [5.74, 6) is -1.08. The number of phenolic OH excluding ortho intramolecular Hbond substituents is 1. The van der Waals surface area contributed by atoms with Gasteiger partial charge in [0.2, 0.25) is 12.5 Å². The number of aliphatic hydroxyl groups excluding tert-OH is 2. The molecule has 0 spiro atoms. The number of carbonyl (C=O) groups excluding carboxylic acids is 1. The fourth-order valence-electron chi connectivity index (χ4n) is 7.18. The van der Waals surface area contributed by atoms with E-state index in [2.05, 4.69) is 0 Å². The highest BCUT2D eigenvalue weighted by molar-refractivity contribution is 7.10. The van der Waals surface area contributed by atoms with Crippen LogP contribution in [0.5, 0.6) is 28.7 Å². The summed E-state index contributed by atoms with van der Waals surface area (Å²) in [6.45, 7) is 0.171. The number of hydrogen-bond donors (Lipinski definition) is 3. The number of carbonyl (C=O) groups is 1. The smallest absolute Gasteiger partial charge is 0.310 e. The van der Waals surface area contributed by atoms with Gasteiger partial charge in [-0.25, -0.2) is 0 Å². The molecular formula is C32H32O13S. The number of rotatable bonds is 6. The number of fused-ring (bicyclic) bond motifs is 4. The Morgan fingerprint density at radius 3 is 2.35 bits per heavy atom. The van der Waals surface area contributed by atoms with E-state index in [9.17, 15) is 20.1 Å². The van der Waals surface area contributed by atoms with E-state index in [0.717, 1.165) is 4.88 Å². The average Bonchev–Trinajstić information content (AvgIpc) is 3.85. The van der Waals surface area contributed by atoms with Crippen molar-refractivity contribution >= 4 is 17.3 Å².